The summed E-state index contributed by atoms with van der Waals surface area (Å²) < 4.78 is 5.35. The minimum Gasteiger partial charge on any atom is -0.399 e. The van der Waals surface area contributed by atoms with Crippen LogP contribution in [-0.4, -0.2) is 32.1 Å². The van der Waals surface area contributed by atoms with Gasteiger partial charge in [-0.05, 0) is 23.8 Å². The smallest absolute Gasteiger partial charge is 0.139 e. The normalized spacial score (nSPS) is 15.8. The molecule has 0 spiro atoms. The molecule has 4 heteroatoms. The van der Waals surface area contributed by atoms with Gasteiger partial charge in [-0.1, -0.05) is 13.8 Å². The molecule has 1 heterocycles. The molecule has 1 fully saturated rings. The van der Waals surface area contributed by atoms with Crippen LogP contribution in [0.4, 0.5) is 11.4 Å². The number of nitrogen functional groups attached to an aromatic ring is 1. The zero-order valence-electron chi connectivity index (χ0n) is 11.7. The van der Waals surface area contributed by atoms with E-state index in [1.807, 2.05) is 26.0 Å². The second-order valence-corrected chi connectivity index (χ2v) is 5.33. The highest BCUT2D eigenvalue weighted by Crippen LogP contribution is 2.22. The lowest BCUT2D eigenvalue weighted by molar-refractivity contribution is -0.121. The number of nitrogens with zero attached hydrogens (tertiary/aromatic N) is 1. The molecular weight excluding hydrogens is 240 g/mol. The Hall–Kier alpha value is -1.55. The van der Waals surface area contributed by atoms with E-state index in [4.69, 9.17) is 10.5 Å². The zero-order valence-corrected chi connectivity index (χ0v) is 11.7. The van der Waals surface area contributed by atoms with Gasteiger partial charge in [0.1, 0.15) is 5.78 Å². The Kier molecular flexibility index (Phi) is 4.43. The van der Waals surface area contributed by atoms with Gasteiger partial charge in [0.15, 0.2) is 0 Å². The summed E-state index contributed by atoms with van der Waals surface area (Å²) in [6.07, 6.45) is 0.458. The number of carbonyl (C=O) groups excluding carboxylic acids is 1. The fraction of sp³-hybridized carbons (Fsp3) is 0.533. The van der Waals surface area contributed by atoms with Gasteiger partial charge in [0.25, 0.3) is 0 Å². The molecule has 1 aromatic carbocycles. The standard InChI is InChI=1S/C15H22N2O2/c1-11(2)15(18)9-12-7-13(16)10-14(8-12)17-3-5-19-6-4-17/h7-8,10-11H,3-6,9,16H2,1-2H3. The number of rotatable bonds is 4. The number of morpholine rings is 1. The highest BCUT2D eigenvalue weighted by Gasteiger charge is 2.14. The number of hydrogen-bond acceptors (Lipinski definition) is 4. The topological polar surface area (TPSA) is 55.6 Å². The molecule has 0 aliphatic carbocycles. The van der Waals surface area contributed by atoms with E-state index in [1.165, 1.54) is 0 Å². The zero-order chi connectivity index (χ0) is 13.8. The van der Waals surface area contributed by atoms with Gasteiger partial charge in [-0.15, -0.1) is 0 Å². The van der Waals surface area contributed by atoms with Gasteiger partial charge in [0, 0.05) is 36.8 Å². The van der Waals surface area contributed by atoms with Crippen molar-refractivity contribution < 1.29 is 9.53 Å². The van der Waals surface area contributed by atoms with Gasteiger partial charge in [0.2, 0.25) is 0 Å². The summed E-state index contributed by atoms with van der Waals surface area (Å²) in [6, 6.07) is 5.93. The fourth-order valence-corrected chi connectivity index (χ4v) is 2.21. The Morgan fingerprint density at radius 3 is 2.63 bits per heavy atom. The van der Waals surface area contributed by atoms with Crippen LogP contribution in [0.15, 0.2) is 18.2 Å². The summed E-state index contributed by atoms with van der Waals surface area (Å²) in [5.74, 6) is 0.312. The first kappa shape index (κ1) is 13.9. The quantitative estimate of drug-likeness (QED) is 0.842. The van der Waals surface area contributed by atoms with Crippen LogP contribution < -0.4 is 10.6 Å². The maximum atomic E-state index is 11.8. The van der Waals surface area contributed by atoms with Crippen LogP contribution in [0.2, 0.25) is 0 Å². The van der Waals surface area contributed by atoms with Gasteiger partial charge in [0.05, 0.1) is 13.2 Å². The molecule has 0 bridgehead atoms. The van der Waals surface area contributed by atoms with Crippen molar-refractivity contribution >= 4 is 17.2 Å². The molecule has 0 radical (unpaired) electrons. The summed E-state index contributed by atoms with van der Waals surface area (Å²) in [6.45, 7) is 7.10. The highest BCUT2D eigenvalue weighted by molar-refractivity contribution is 5.83. The second-order valence-electron chi connectivity index (χ2n) is 5.33. The van der Waals surface area contributed by atoms with E-state index in [-0.39, 0.29) is 11.7 Å². The molecule has 0 amide bonds. The molecule has 0 atom stereocenters. The number of ketones is 1. The van der Waals surface area contributed by atoms with Crippen molar-refractivity contribution in [3.8, 4) is 0 Å². The summed E-state index contributed by atoms with van der Waals surface area (Å²) in [5, 5.41) is 0. The molecule has 2 N–H and O–H groups in total. The number of benzene rings is 1. The molecule has 1 aliphatic rings. The molecule has 104 valence electrons. The van der Waals surface area contributed by atoms with Crippen molar-refractivity contribution in [3.63, 3.8) is 0 Å². The molecule has 1 aliphatic heterocycles. The Bertz CT molecular complexity index is 451. The first-order valence-electron chi connectivity index (χ1n) is 6.81. The Morgan fingerprint density at radius 1 is 1.32 bits per heavy atom. The van der Waals surface area contributed by atoms with E-state index in [1.54, 1.807) is 0 Å². The van der Waals surface area contributed by atoms with Gasteiger partial charge >= 0.3 is 0 Å². The minimum absolute atomic E-state index is 0.0632. The van der Waals surface area contributed by atoms with Crippen LogP contribution in [-0.2, 0) is 16.0 Å². The number of anilines is 2. The fourth-order valence-electron chi connectivity index (χ4n) is 2.21. The van der Waals surface area contributed by atoms with Crippen molar-refractivity contribution in [2.75, 3.05) is 36.9 Å². The summed E-state index contributed by atoms with van der Waals surface area (Å²) in [5.41, 5.74) is 8.76. The molecule has 19 heavy (non-hydrogen) atoms. The average molecular weight is 262 g/mol. The predicted molar refractivity (Wildman–Crippen MR) is 77.4 cm³/mol. The molecule has 1 saturated heterocycles. The predicted octanol–water partition coefficient (Wildman–Crippen LogP) is 1.87. The molecule has 0 aromatic heterocycles. The van der Waals surface area contributed by atoms with E-state index < -0.39 is 0 Å². The number of nitrogens with two attached hydrogens (primary N) is 1. The summed E-state index contributed by atoms with van der Waals surface area (Å²) in [7, 11) is 0. The maximum absolute atomic E-state index is 11.8. The van der Waals surface area contributed by atoms with E-state index in [2.05, 4.69) is 11.0 Å². The van der Waals surface area contributed by atoms with Crippen LogP contribution in [0, 0.1) is 5.92 Å². The van der Waals surface area contributed by atoms with Crippen LogP contribution in [0.3, 0.4) is 0 Å². The van der Waals surface area contributed by atoms with Gasteiger partial charge in [-0.25, -0.2) is 0 Å². The number of carbonyl (C=O) groups is 1. The number of hydrogen-bond donors (Lipinski definition) is 1. The van der Waals surface area contributed by atoms with Gasteiger partial charge < -0.3 is 15.4 Å². The van der Waals surface area contributed by atoms with Gasteiger partial charge in [-0.3, -0.25) is 4.79 Å². The Morgan fingerprint density at radius 2 is 2.00 bits per heavy atom. The van der Waals surface area contributed by atoms with Gasteiger partial charge in [-0.2, -0.15) is 0 Å². The van der Waals surface area contributed by atoms with E-state index in [0.29, 0.717) is 6.42 Å². The number of Topliss-reactive ketones (excluding diaryl/α,β-unsaturated/α-hetero) is 1. The lowest BCUT2D eigenvalue weighted by Crippen LogP contribution is -2.36. The molecule has 1 aromatic rings. The van der Waals surface area contributed by atoms with Crippen molar-refractivity contribution in [1.29, 1.82) is 0 Å². The van der Waals surface area contributed by atoms with Crippen molar-refractivity contribution in [3.05, 3.63) is 23.8 Å². The third-order valence-corrected chi connectivity index (χ3v) is 3.40. The molecule has 0 unspecified atom stereocenters. The number of ether oxygens (including phenoxy) is 1. The van der Waals surface area contributed by atoms with E-state index in [0.717, 1.165) is 43.2 Å². The minimum atomic E-state index is 0.0632. The maximum Gasteiger partial charge on any atom is 0.139 e. The van der Waals surface area contributed by atoms with Crippen molar-refractivity contribution in [1.82, 2.24) is 0 Å². The third-order valence-electron chi connectivity index (χ3n) is 3.40. The lowest BCUT2D eigenvalue weighted by Gasteiger charge is -2.29. The Labute approximate surface area is 114 Å². The van der Waals surface area contributed by atoms with Crippen molar-refractivity contribution in [2.45, 2.75) is 20.3 Å². The summed E-state index contributed by atoms with van der Waals surface area (Å²) >= 11 is 0. The first-order valence-corrected chi connectivity index (χ1v) is 6.81. The second kappa shape index (κ2) is 6.06. The Balaban J connectivity index is 2.16. The molecular formula is C15H22N2O2. The molecule has 2 rings (SSSR count). The van der Waals surface area contributed by atoms with E-state index in [9.17, 15) is 4.79 Å². The molecule has 4 nitrogen and oxygen atoms in total. The van der Waals surface area contributed by atoms with Crippen LogP contribution in [0.25, 0.3) is 0 Å². The first-order chi connectivity index (χ1) is 9.06. The third kappa shape index (κ3) is 3.70. The largest absolute Gasteiger partial charge is 0.399 e. The lowest BCUT2D eigenvalue weighted by atomic mass is 10.00. The monoisotopic (exact) mass is 262 g/mol. The van der Waals surface area contributed by atoms with E-state index >= 15 is 0 Å². The SMILES string of the molecule is CC(C)C(=O)Cc1cc(N)cc(N2CCOCC2)c1. The molecule has 0 saturated carbocycles. The van der Waals surface area contributed by atoms with Crippen LogP contribution in [0.5, 0.6) is 0 Å². The van der Waals surface area contributed by atoms with Crippen molar-refractivity contribution in [2.24, 2.45) is 5.92 Å². The van der Waals surface area contributed by atoms with Crippen LogP contribution in [0.1, 0.15) is 19.4 Å². The average Bonchev–Trinajstić information content (AvgIpc) is 2.39. The van der Waals surface area contributed by atoms with Crippen LogP contribution >= 0.6 is 0 Å². The summed E-state index contributed by atoms with van der Waals surface area (Å²) in [4.78, 5) is 14.1. The highest BCUT2D eigenvalue weighted by atomic mass is 16.5.